The van der Waals surface area contributed by atoms with Gasteiger partial charge in [-0.05, 0) is 42.3 Å². The van der Waals surface area contributed by atoms with E-state index in [1.165, 1.54) is 6.07 Å². The molecular weight excluding hydrogens is 385 g/mol. The first-order valence-corrected chi connectivity index (χ1v) is 8.32. The zero-order chi connectivity index (χ0) is 19.6. The van der Waals surface area contributed by atoms with Gasteiger partial charge >= 0.3 is 6.18 Å². The molecule has 1 aliphatic heterocycles. The van der Waals surface area contributed by atoms with Crippen LogP contribution in [0.15, 0.2) is 36.4 Å². The van der Waals surface area contributed by atoms with Gasteiger partial charge in [-0.15, -0.1) is 0 Å². The maximum atomic E-state index is 12.9. The van der Waals surface area contributed by atoms with Crippen LogP contribution in [0.5, 0.6) is 5.75 Å². The van der Waals surface area contributed by atoms with E-state index in [2.05, 4.69) is 10.6 Å². The summed E-state index contributed by atoms with van der Waals surface area (Å²) in [6.07, 6.45) is -4.21. The first-order valence-electron chi connectivity index (χ1n) is 7.94. The van der Waals surface area contributed by atoms with Gasteiger partial charge in [0.25, 0.3) is 5.91 Å². The molecule has 9 heteroatoms. The summed E-state index contributed by atoms with van der Waals surface area (Å²) in [6.45, 7) is -0.0459. The summed E-state index contributed by atoms with van der Waals surface area (Å²) in [4.78, 5) is 23.4. The van der Waals surface area contributed by atoms with Crippen molar-refractivity contribution in [3.63, 3.8) is 0 Å². The summed E-state index contributed by atoms with van der Waals surface area (Å²) >= 11 is 5.55. The highest BCUT2D eigenvalue weighted by molar-refractivity contribution is 6.31. The number of ether oxygens (including phenoxy) is 1. The summed E-state index contributed by atoms with van der Waals surface area (Å²) in [5, 5.41) is 4.67. The fourth-order valence-electron chi connectivity index (χ4n) is 2.59. The Kier molecular flexibility index (Phi) is 5.27. The van der Waals surface area contributed by atoms with E-state index in [9.17, 15) is 22.8 Å². The molecule has 2 aromatic rings. The molecule has 27 heavy (non-hydrogen) atoms. The van der Waals surface area contributed by atoms with Crippen molar-refractivity contribution in [2.75, 3.05) is 17.2 Å². The molecule has 0 bridgehead atoms. The normalized spacial score (nSPS) is 13.4. The SMILES string of the molecule is O=C(CCc1ccc2c(c1)NC(=O)CO2)Nc1ccc(Cl)c(C(F)(F)F)c1. The number of hydrogen-bond acceptors (Lipinski definition) is 3. The van der Waals surface area contributed by atoms with Crippen molar-refractivity contribution in [3.05, 3.63) is 52.5 Å². The van der Waals surface area contributed by atoms with Gasteiger partial charge in [-0.3, -0.25) is 9.59 Å². The molecule has 0 spiro atoms. The summed E-state index contributed by atoms with van der Waals surface area (Å²) in [5.41, 5.74) is 0.314. The second kappa shape index (κ2) is 7.48. The summed E-state index contributed by atoms with van der Waals surface area (Å²) < 4.78 is 43.8. The van der Waals surface area contributed by atoms with Gasteiger partial charge in [-0.25, -0.2) is 0 Å². The van der Waals surface area contributed by atoms with E-state index < -0.39 is 22.7 Å². The number of fused-ring (bicyclic) bond motifs is 1. The van der Waals surface area contributed by atoms with Crippen LogP contribution >= 0.6 is 11.6 Å². The molecule has 0 saturated heterocycles. The van der Waals surface area contributed by atoms with Gasteiger partial charge in [-0.2, -0.15) is 13.2 Å². The largest absolute Gasteiger partial charge is 0.482 e. The number of nitrogens with one attached hydrogen (secondary N) is 2. The first-order chi connectivity index (χ1) is 12.7. The molecule has 0 aromatic heterocycles. The van der Waals surface area contributed by atoms with Gasteiger partial charge in [0.1, 0.15) is 5.75 Å². The van der Waals surface area contributed by atoms with Crippen LogP contribution in [0.25, 0.3) is 0 Å². The number of anilines is 2. The minimum Gasteiger partial charge on any atom is -0.482 e. The highest BCUT2D eigenvalue weighted by Gasteiger charge is 2.33. The molecule has 2 N–H and O–H groups in total. The van der Waals surface area contributed by atoms with Crippen LogP contribution in [-0.2, 0) is 22.2 Å². The lowest BCUT2D eigenvalue weighted by Crippen LogP contribution is -2.25. The maximum Gasteiger partial charge on any atom is 0.417 e. The molecule has 1 heterocycles. The Hall–Kier alpha value is -2.74. The van der Waals surface area contributed by atoms with E-state index in [1.54, 1.807) is 18.2 Å². The standard InChI is InChI=1S/C18H14ClF3N2O3/c19-13-4-3-11(8-12(13)18(20,21)22)23-16(25)6-2-10-1-5-15-14(7-10)24-17(26)9-27-15/h1,3-5,7-8H,2,6,9H2,(H,23,25)(H,24,26). The van der Waals surface area contributed by atoms with Crippen molar-refractivity contribution in [1.82, 2.24) is 0 Å². The molecule has 0 atom stereocenters. The van der Waals surface area contributed by atoms with Gasteiger partial charge in [0.2, 0.25) is 5.91 Å². The van der Waals surface area contributed by atoms with E-state index in [0.29, 0.717) is 17.9 Å². The Labute approximate surface area is 157 Å². The van der Waals surface area contributed by atoms with Crippen molar-refractivity contribution in [3.8, 4) is 5.75 Å². The Bertz CT molecular complexity index is 900. The molecule has 5 nitrogen and oxygen atoms in total. The Balaban J connectivity index is 1.62. The predicted molar refractivity (Wildman–Crippen MR) is 94.0 cm³/mol. The molecule has 1 aliphatic rings. The summed E-state index contributed by atoms with van der Waals surface area (Å²) in [6, 6.07) is 8.34. The predicted octanol–water partition coefficient (Wildman–Crippen LogP) is 4.26. The molecule has 2 amide bonds. The lowest BCUT2D eigenvalue weighted by molar-refractivity contribution is -0.137. The van der Waals surface area contributed by atoms with Crippen molar-refractivity contribution in [2.24, 2.45) is 0 Å². The van der Waals surface area contributed by atoms with E-state index in [1.807, 2.05) is 0 Å². The maximum absolute atomic E-state index is 12.9. The minimum absolute atomic E-state index is 0.0165. The molecule has 2 aromatic carbocycles. The molecule has 142 valence electrons. The average molecular weight is 399 g/mol. The highest BCUT2D eigenvalue weighted by Crippen LogP contribution is 2.36. The molecular formula is C18H14ClF3N2O3. The number of halogens is 4. The van der Waals surface area contributed by atoms with Gasteiger partial charge in [-0.1, -0.05) is 17.7 Å². The smallest absolute Gasteiger partial charge is 0.417 e. The van der Waals surface area contributed by atoms with Gasteiger partial charge in [0, 0.05) is 12.1 Å². The lowest BCUT2D eigenvalue weighted by Gasteiger charge is -2.18. The van der Waals surface area contributed by atoms with Crippen molar-refractivity contribution >= 4 is 34.8 Å². The number of carbonyl (C=O) groups is 2. The zero-order valence-corrected chi connectivity index (χ0v) is 14.6. The first kappa shape index (κ1) is 19.0. The molecule has 0 aliphatic carbocycles. The third-order valence-electron chi connectivity index (χ3n) is 3.87. The Morgan fingerprint density at radius 2 is 2.00 bits per heavy atom. The Morgan fingerprint density at radius 1 is 1.22 bits per heavy atom. The fraction of sp³-hybridized carbons (Fsp3) is 0.222. The monoisotopic (exact) mass is 398 g/mol. The van der Waals surface area contributed by atoms with E-state index in [4.69, 9.17) is 16.3 Å². The van der Waals surface area contributed by atoms with Crippen LogP contribution in [0.2, 0.25) is 5.02 Å². The molecule has 0 saturated carbocycles. The third kappa shape index (κ3) is 4.71. The average Bonchev–Trinajstić information content (AvgIpc) is 2.60. The lowest BCUT2D eigenvalue weighted by atomic mass is 10.1. The Morgan fingerprint density at radius 3 is 2.74 bits per heavy atom. The zero-order valence-electron chi connectivity index (χ0n) is 13.8. The highest BCUT2D eigenvalue weighted by atomic mass is 35.5. The van der Waals surface area contributed by atoms with Crippen LogP contribution in [-0.4, -0.2) is 18.4 Å². The van der Waals surface area contributed by atoms with Crippen molar-refractivity contribution in [2.45, 2.75) is 19.0 Å². The quantitative estimate of drug-likeness (QED) is 0.808. The topological polar surface area (TPSA) is 67.4 Å². The number of rotatable bonds is 4. The van der Waals surface area contributed by atoms with Gasteiger partial charge in [0.15, 0.2) is 6.61 Å². The van der Waals surface area contributed by atoms with E-state index in [-0.39, 0.29) is 24.6 Å². The molecule has 3 rings (SSSR count). The van der Waals surface area contributed by atoms with E-state index in [0.717, 1.165) is 17.7 Å². The second-order valence-corrected chi connectivity index (χ2v) is 6.32. The van der Waals surface area contributed by atoms with Gasteiger partial charge in [0.05, 0.1) is 16.3 Å². The number of amides is 2. The third-order valence-corrected chi connectivity index (χ3v) is 4.20. The fourth-order valence-corrected chi connectivity index (χ4v) is 2.81. The number of alkyl halides is 3. The van der Waals surface area contributed by atoms with Crippen LogP contribution in [0.1, 0.15) is 17.5 Å². The van der Waals surface area contributed by atoms with Crippen molar-refractivity contribution in [1.29, 1.82) is 0 Å². The molecule has 0 unspecified atom stereocenters. The molecule has 0 radical (unpaired) electrons. The molecule has 0 fully saturated rings. The van der Waals surface area contributed by atoms with E-state index >= 15 is 0 Å². The number of benzene rings is 2. The number of aryl methyl sites for hydroxylation is 1. The number of hydrogen-bond donors (Lipinski definition) is 2. The number of carbonyl (C=O) groups excluding carboxylic acids is 2. The minimum atomic E-state index is -4.60. The van der Waals surface area contributed by atoms with Crippen LogP contribution in [0.4, 0.5) is 24.5 Å². The summed E-state index contributed by atoms with van der Waals surface area (Å²) in [5.74, 6) is -0.160. The van der Waals surface area contributed by atoms with Crippen molar-refractivity contribution < 1.29 is 27.5 Å². The summed E-state index contributed by atoms with van der Waals surface area (Å²) in [7, 11) is 0. The van der Waals surface area contributed by atoms with Crippen LogP contribution in [0, 0.1) is 0 Å². The van der Waals surface area contributed by atoms with Gasteiger partial charge < -0.3 is 15.4 Å². The van der Waals surface area contributed by atoms with Crippen LogP contribution in [0.3, 0.4) is 0 Å². The second-order valence-electron chi connectivity index (χ2n) is 5.91. The van der Waals surface area contributed by atoms with Crippen LogP contribution < -0.4 is 15.4 Å².